The number of benzene rings is 1. The zero-order chi connectivity index (χ0) is 11.5. The number of pyridine rings is 1. The van der Waals surface area contributed by atoms with Crippen LogP contribution in [0.1, 0.15) is 25.7 Å². The van der Waals surface area contributed by atoms with Gasteiger partial charge in [-0.3, -0.25) is 4.98 Å². The van der Waals surface area contributed by atoms with Gasteiger partial charge in [0, 0.05) is 5.39 Å². The first-order valence-electron chi connectivity index (χ1n) is 6.39. The molecule has 1 aliphatic rings. The number of ether oxygens (including phenoxy) is 1. The van der Waals surface area contributed by atoms with Crippen LogP contribution >= 0.6 is 0 Å². The van der Waals surface area contributed by atoms with E-state index in [-0.39, 0.29) is 0 Å². The van der Waals surface area contributed by atoms with Gasteiger partial charge in [0.25, 0.3) is 0 Å². The van der Waals surface area contributed by atoms with E-state index >= 15 is 0 Å². The Morgan fingerprint density at radius 1 is 1.18 bits per heavy atom. The summed E-state index contributed by atoms with van der Waals surface area (Å²) in [6, 6.07) is 10.2. The lowest BCUT2D eigenvalue weighted by Crippen LogP contribution is -2.08. The Labute approximate surface area is 102 Å². The van der Waals surface area contributed by atoms with Crippen molar-refractivity contribution in [3.8, 4) is 5.75 Å². The summed E-state index contributed by atoms with van der Waals surface area (Å²) in [5.41, 5.74) is 1.03. The molecule has 1 aromatic carbocycles. The number of hydrogen-bond acceptors (Lipinski definition) is 2. The van der Waals surface area contributed by atoms with Crippen molar-refractivity contribution < 1.29 is 4.74 Å². The third-order valence-corrected chi connectivity index (χ3v) is 3.53. The number of hydrogen-bond donors (Lipinski definition) is 0. The van der Waals surface area contributed by atoms with Crippen LogP contribution in [0.25, 0.3) is 10.9 Å². The molecule has 0 unspecified atom stereocenters. The van der Waals surface area contributed by atoms with E-state index in [1.165, 1.54) is 25.7 Å². The lowest BCUT2D eigenvalue weighted by molar-refractivity contribution is 0.251. The van der Waals surface area contributed by atoms with E-state index in [9.17, 15) is 0 Å². The molecule has 0 N–H and O–H groups in total. The minimum Gasteiger partial charge on any atom is -0.492 e. The molecule has 2 nitrogen and oxygen atoms in total. The maximum atomic E-state index is 5.84. The predicted molar refractivity (Wildman–Crippen MR) is 69.2 cm³/mol. The van der Waals surface area contributed by atoms with Crippen LogP contribution in [0.5, 0.6) is 5.75 Å². The average Bonchev–Trinajstić information content (AvgIpc) is 2.89. The van der Waals surface area contributed by atoms with Crippen molar-refractivity contribution >= 4 is 10.9 Å². The minimum absolute atomic E-state index is 0.751. The SMILES string of the molecule is c1ccc2ncc(OCC3CCCC3)cc2c1. The molecule has 1 fully saturated rings. The summed E-state index contributed by atoms with van der Waals surface area (Å²) in [5, 5.41) is 1.15. The molecule has 1 aliphatic carbocycles. The molecule has 0 atom stereocenters. The number of fused-ring (bicyclic) bond motifs is 1. The zero-order valence-corrected chi connectivity index (χ0v) is 9.93. The van der Waals surface area contributed by atoms with Gasteiger partial charge in [-0.05, 0) is 30.9 Å². The highest BCUT2D eigenvalue weighted by molar-refractivity contribution is 5.79. The lowest BCUT2D eigenvalue weighted by Gasteiger charge is -2.11. The van der Waals surface area contributed by atoms with Crippen molar-refractivity contribution in [2.75, 3.05) is 6.61 Å². The summed E-state index contributed by atoms with van der Waals surface area (Å²) in [6.07, 6.45) is 7.20. The van der Waals surface area contributed by atoms with Crippen LogP contribution in [0, 0.1) is 5.92 Å². The summed E-state index contributed by atoms with van der Waals surface area (Å²) in [4.78, 5) is 4.40. The first-order valence-corrected chi connectivity index (χ1v) is 6.39. The second kappa shape index (κ2) is 4.74. The number of aromatic nitrogens is 1. The minimum atomic E-state index is 0.751. The van der Waals surface area contributed by atoms with Crippen molar-refractivity contribution in [3.05, 3.63) is 36.5 Å². The molecule has 0 spiro atoms. The first-order chi connectivity index (χ1) is 8.42. The number of rotatable bonds is 3. The molecule has 1 heterocycles. The van der Waals surface area contributed by atoms with Crippen LogP contribution in [-0.2, 0) is 0 Å². The fourth-order valence-electron chi connectivity index (χ4n) is 2.52. The molecule has 88 valence electrons. The van der Waals surface area contributed by atoms with Crippen LogP contribution in [0.4, 0.5) is 0 Å². The third kappa shape index (κ3) is 2.41. The molecule has 0 amide bonds. The van der Waals surface area contributed by atoms with E-state index in [2.05, 4.69) is 17.1 Å². The van der Waals surface area contributed by atoms with Crippen LogP contribution in [0.3, 0.4) is 0 Å². The zero-order valence-electron chi connectivity index (χ0n) is 9.93. The molecule has 2 heteroatoms. The summed E-state index contributed by atoms with van der Waals surface area (Å²) >= 11 is 0. The quantitative estimate of drug-likeness (QED) is 0.795. The smallest absolute Gasteiger partial charge is 0.138 e. The van der Waals surface area contributed by atoms with Crippen molar-refractivity contribution in [1.82, 2.24) is 4.98 Å². The predicted octanol–water partition coefficient (Wildman–Crippen LogP) is 3.80. The fourth-order valence-corrected chi connectivity index (χ4v) is 2.52. The van der Waals surface area contributed by atoms with E-state index < -0.39 is 0 Å². The third-order valence-electron chi connectivity index (χ3n) is 3.53. The van der Waals surface area contributed by atoms with Crippen molar-refractivity contribution in [2.45, 2.75) is 25.7 Å². The summed E-state index contributed by atoms with van der Waals surface area (Å²) in [5.74, 6) is 1.65. The topological polar surface area (TPSA) is 22.1 Å². The Morgan fingerprint density at radius 2 is 2.00 bits per heavy atom. The highest BCUT2D eigenvalue weighted by Gasteiger charge is 2.15. The Morgan fingerprint density at radius 3 is 2.88 bits per heavy atom. The maximum absolute atomic E-state index is 5.84. The largest absolute Gasteiger partial charge is 0.492 e. The molecule has 1 aromatic heterocycles. The van der Waals surface area contributed by atoms with Crippen molar-refractivity contribution in [2.24, 2.45) is 5.92 Å². The Hall–Kier alpha value is -1.57. The van der Waals surface area contributed by atoms with Gasteiger partial charge in [0.1, 0.15) is 5.75 Å². The monoisotopic (exact) mass is 227 g/mol. The van der Waals surface area contributed by atoms with E-state index in [4.69, 9.17) is 4.74 Å². The van der Waals surface area contributed by atoms with Gasteiger partial charge in [0.2, 0.25) is 0 Å². The Kier molecular flexibility index (Phi) is 2.95. The fraction of sp³-hybridized carbons (Fsp3) is 0.400. The van der Waals surface area contributed by atoms with Gasteiger partial charge in [-0.1, -0.05) is 31.0 Å². The molecule has 2 aromatic rings. The molecule has 0 aliphatic heterocycles. The highest BCUT2D eigenvalue weighted by Crippen LogP contribution is 2.26. The molecule has 3 rings (SSSR count). The Balaban J connectivity index is 1.72. The van der Waals surface area contributed by atoms with Gasteiger partial charge in [0.15, 0.2) is 0 Å². The maximum Gasteiger partial charge on any atom is 0.138 e. The van der Waals surface area contributed by atoms with Gasteiger partial charge in [-0.2, -0.15) is 0 Å². The van der Waals surface area contributed by atoms with Crippen molar-refractivity contribution in [1.29, 1.82) is 0 Å². The van der Waals surface area contributed by atoms with E-state index in [0.717, 1.165) is 29.2 Å². The number of para-hydroxylation sites is 1. The lowest BCUT2D eigenvalue weighted by atomic mass is 10.1. The second-order valence-corrected chi connectivity index (χ2v) is 4.83. The molecule has 1 saturated carbocycles. The van der Waals surface area contributed by atoms with Crippen LogP contribution < -0.4 is 4.74 Å². The van der Waals surface area contributed by atoms with Gasteiger partial charge >= 0.3 is 0 Å². The van der Waals surface area contributed by atoms with E-state index in [1.54, 1.807) is 0 Å². The van der Waals surface area contributed by atoms with E-state index in [0.29, 0.717) is 0 Å². The highest BCUT2D eigenvalue weighted by atomic mass is 16.5. The normalized spacial score (nSPS) is 16.5. The average molecular weight is 227 g/mol. The molecule has 0 bridgehead atoms. The number of nitrogens with zero attached hydrogens (tertiary/aromatic N) is 1. The molecular formula is C15H17NO. The molecule has 0 radical (unpaired) electrons. The van der Waals surface area contributed by atoms with Crippen LogP contribution in [-0.4, -0.2) is 11.6 Å². The van der Waals surface area contributed by atoms with Gasteiger partial charge in [-0.15, -0.1) is 0 Å². The summed E-state index contributed by atoms with van der Waals surface area (Å²) in [6.45, 7) is 0.847. The second-order valence-electron chi connectivity index (χ2n) is 4.83. The van der Waals surface area contributed by atoms with Crippen molar-refractivity contribution in [3.63, 3.8) is 0 Å². The Bertz CT molecular complexity index is 503. The first kappa shape index (κ1) is 10.6. The summed E-state index contributed by atoms with van der Waals surface area (Å²) < 4.78 is 5.84. The van der Waals surface area contributed by atoms with Crippen LogP contribution in [0.15, 0.2) is 36.5 Å². The van der Waals surface area contributed by atoms with Gasteiger partial charge < -0.3 is 4.74 Å². The van der Waals surface area contributed by atoms with Gasteiger partial charge in [-0.25, -0.2) is 0 Å². The van der Waals surface area contributed by atoms with Gasteiger partial charge in [0.05, 0.1) is 18.3 Å². The molecular weight excluding hydrogens is 210 g/mol. The summed E-state index contributed by atoms with van der Waals surface area (Å²) in [7, 11) is 0. The van der Waals surface area contributed by atoms with Crippen LogP contribution in [0.2, 0.25) is 0 Å². The standard InChI is InChI=1S/C15H17NO/c1-2-6-12(5-1)11-17-14-9-13-7-3-4-8-15(13)16-10-14/h3-4,7-10,12H,1-2,5-6,11H2. The molecule has 17 heavy (non-hydrogen) atoms. The van der Waals surface area contributed by atoms with E-state index in [1.807, 2.05) is 24.4 Å². The molecule has 0 saturated heterocycles.